The maximum Gasteiger partial charge on any atom is 0.215 e. The molecule has 5 nitrogen and oxygen atoms in total. The van der Waals surface area contributed by atoms with E-state index in [1.807, 2.05) is 42.5 Å². The highest BCUT2D eigenvalue weighted by Gasteiger charge is 2.18. The van der Waals surface area contributed by atoms with Gasteiger partial charge in [-0.1, -0.05) is 30.3 Å². The molecule has 0 saturated heterocycles. The number of imidazole rings is 1. The molecule has 0 unspecified atom stereocenters. The van der Waals surface area contributed by atoms with E-state index in [4.69, 9.17) is 5.73 Å². The van der Waals surface area contributed by atoms with Crippen LogP contribution >= 0.6 is 0 Å². The third kappa shape index (κ3) is 1.89. The summed E-state index contributed by atoms with van der Waals surface area (Å²) in [6.45, 7) is 0. The van der Waals surface area contributed by atoms with Crippen LogP contribution in [0.5, 0.6) is 0 Å². The molecule has 0 spiro atoms. The van der Waals surface area contributed by atoms with Crippen molar-refractivity contribution < 1.29 is 0 Å². The Morgan fingerprint density at radius 2 is 1.70 bits per heavy atom. The Kier molecular flexibility index (Phi) is 2.90. The van der Waals surface area contributed by atoms with E-state index < -0.39 is 0 Å². The Hall–Kier alpha value is -3.13. The molecule has 3 rings (SSSR count). The molecule has 0 fully saturated rings. The summed E-state index contributed by atoms with van der Waals surface area (Å²) in [5.41, 5.74) is 8.98. The molecule has 0 bridgehead atoms. The summed E-state index contributed by atoms with van der Waals surface area (Å²) in [7, 11) is 0. The second-order valence-electron chi connectivity index (χ2n) is 4.20. The lowest BCUT2D eigenvalue weighted by Gasteiger charge is -2.04. The van der Waals surface area contributed by atoms with E-state index in [0.717, 1.165) is 11.1 Å². The van der Waals surface area contributed by atoms with Gasteiger partial charge in [0.1, 0.15) is 0 Å². The first-order chi connectivity index (χ1) is 9.81. The number of benzene rings is 1. The number of nitriles is 1. The lowest BCUT2D eigenvalue weighted by atomic mass is 10.1. The number of anilines is 1. The van der Waals surface area contributed by atoms with Crippen molar-refractivity contribution in [2.75, 3.05) is 5.73 Å². The average Bonchev–Trinajstić information content (AvgIpc) is 2.85. The van der Waals surface area contributed by atoms with Crippen LogP contribution in [0.4, 0.5) is 5.95 Å². The van der Waals surface area contributed by atoms with Gasteiger partial charge in [-0.25, -0.2) is 9.55 Å². The van der Waals surface area contributed by atoms with E-state index in [0.29, 0.717) is 11.4 Å². The second-order valence-corrected chi connectivity index (χ2v) is 4.20. The summed E-state index contributed by atoms with van der Waals surface area (Å²) in [6.07, 6.45) is 5.41. The van der Waals surface area contributed by atoms with Gasteiger partial charge in [0.2, 0.25) is 5.95 Å². The van der Waals surface area contributed by atoms with Crippen molar-refractivity contribution in [1.82, 2.24) is 14.5 Å². The first kappa shape index (κ1) is 11.9. The monoisotopic (exact) mass is 261 g/mol. The highest BCUT2D eigenvalue weighted by atomic mass is 15.2. The predicted octanol–water partition coefficient (Wildman–Crippen LogP) is 2.52. The van der Waals surface area contributed by atoms with E-state index in [1.165, 1.54) is 4.57 Å². The van der Waals surface area contributed by atoms with Crippen molar-refractivity contribution in [2.45, 2.75) is 0 Å². The largest absolute Gasteiger partial charge is 0.368 e. The molecule has 2 N–H and O–H groups in total. The fourth-order valence-corrected chi connectivity index (χ4v) is 2.11. The van der Waals surface area contributed by atoms with Gasteiger partial charge in [-0.05, 0) is 12.1 Å². The number of aromatic nitrogens is 3. The molecule has 20 heavy (non-hydrogen) atoms. The fourth-order valence-electron chi connectivity index (χ4n) is 2.11. The van der Waals surface area contributed by atoms with Crippen LogP contribution < -0.4 is 5.73 Å². The number of nitrogen functional groups attached to an aromatic ring is 1. The zero-order chi connectivity index (χ0) is 13.9. The van der Waals surface area contributed by atoms with Gasteiger partial charge in [-0.3, -0.25) is 4.98 Å². The van der Waals surface area contributed by atoms with E-state index in [9.17, 15) is 5.26 Å². The van der Waals surface area contributed by atoms with Crippen molar-refractivity contribution in [3.63, 3.8) is 0 Å². The van der Waals surface area contributed by atoms with Gasteiger partial charge in [0.05, 0.1) is 11.4 Å². The number of hydrogen-bond acceptors (Lipinski definition) is 4. The van der Waals surface area contributed by atoms with Crippen LogP contribution in [0.25, 0.3) is 22.5 Å². The molecule has 1 aromatic carbocycles. The Labute approximate surface area is 116 Å². The Bertz CT molecular complexity index is 769. The van der Waals surface area contributed by atoms with Crippen LogP contribution in [0.3, 0.4) is 0 Å². The number of hydrogen-bond donors (Lipinski definition) is 1. The molecule has 0 saturated carbocycles. The maximum absolute atomic E-state index is 9.30. The molecular weight excluding hydrogens is 250 g/mol. The summed E-state index contributed by atoms with van der Waals surface area (Å²) in [6, 6.07) is 13.3. The van der Waals surface area contributed by atoms with Gasteiger partial charge in [0.25, 0.3) is 0 Å². The molecule has 0 radical (unpaired) electrons. The Balaban J connectivity index is 2.30. The fraction of sp³-hybridized carbons (Fsp3) is 0. The van der Waals surface area contributed by atoms with Crippen LogP contribution in [0.15, 0.2) is 54.9 Å². The average molecular weight is 261 g/mol. The second kappa shape index (κ2) is 4.86. The zero-order valence-electron chi connectivity index (χ0n) is 10.6. The number of pyridine rings is 1. The molecule has 2 heterocycles. The summed E-state index contributed by atoms with van der Waals surface area (Å²) in [5.74, 6) is 0.179. The molecule has 0 aliphatic rings. The third-order valence-corrected chi connectivity index (χ3v) is 3.00. The minimum Gasteiger partial charge on any atom is -0.368 e. The Morgan fingerprint density at radius 3 is 2.35 bits per heavy atom. The van der Waals surface area contributed by atoms with Crippen LogP contribution in [0, 0.1) is 11.5 Å². The van der Waals surface area contributed by atoms with Crippen molar-refractivity contribution in [3.8, 4) is 28.7 Å². The molecule has 96 valence electrons. The standard InChI is InChI=1S/C15H11N5/c16-10-20-14(12-6-8-18-9-7-12)13(19-15(20)17)11-4-2-1-3-5-11/h1-9H,(H2,17,19). The van der Waals surface area contributed by atoms with Crippen molar-refractivity contribution in [1.29, 1.82) is 5.26 Å². The van der Waals surface area contributed by atoms with Gasteiger partial charge < -0.3 is 5.73 Å². The van der Waals surface area contributed by atoms with E-state index in [2.05, 4.69) is 16.2 Å². The van der Waals surface area contributed by atoms with Gasteiger partial charge in [0, 0.05) is 23.5 Å². The van der Waals surface area contributed by atoms with Gasteiger partial charge >= 0.3 is 0 Å². The normalized spacial score (nSPS) is 10.2. The van der Waals surface area contributed by atoms with Crippen LogP contribution in [-0.2, 0) is 0 Å². The molecule has 0 aliphatic carbocycles. The minimum absolute atomic E-state index is 0.179. The van der Waals surface area contributed by atoms with Crippen molar-refractivity contribution >= 4 is 5.95 Å². The molecule has 3 aromatic rings. The van der Waals surface area contributed by atoms with Crippen molar-refractivity contribution in [3.05, 3.63) is 54.9 Å². The quantitative estimate of drug-likeness (QED) is 0.768. The minimum atomic E-state index is 0.179. The topological polar surface area (TPSA) is 80.5 Å². The van der Waals surface area contributed by atoms with E-state index in [1.54, 1.807) is 12.4 Å². The molecule has 5 heteroatoms. The van der Waals surface area contributed by atoms with Crippen LogP contribution in [0.2, 0.25) is 0 Å². The van der Waals surface area contributed by atoms with Crippen molar-refractivity contribution in [2.24, 2.45) is 0 Å². The highest BCUT2D eigenvalue weighted by Crippen LogP contribution is 2.32. The molecule has 0 amide bonds. The van der Waals surface area contributed by atoms with Gasteiger partial charge in [-0.2, -0.15) is 5.26 Å². The lowest BCUT2D eigenvalue weighted by Crippen LogP contribution is -1.98. The summed E-state index contributed by atoms with van der Waals surface area (Å²) in [5, 5.41) is 9.30. The summed E-state index contributed by atoms with van der Waals surface area (Å²) in [4.78, 5) is 8.32. The number of nitrogens with zero attached hydrogens (tertiary/aromatic N) is 4. The van der Waals surface area contributed by atoms with E-state index in [-0.39, 0.29) is 5.95 Å². The molecule has 2 aromatic heterocycles. The van der Waals surface area contributed by atoms with Crippen LogP contribution in [-0.4, -0.2) is 14.5 Å². The maximum atomic E-state index is 9.30. The molecular formula is C15H11N5. The number of rotatable bonds is 2. The van der Waals surface area contributed by atoms with Gasteiger partial charge in [0.15, 0.2) is 6.19 Å². The SMILES string of the molecule is N#Cn1c(N)nc(-c2ccccc2)c1-c1ccncc1. The smallest absolute Gasteiger partial charge is 0.215 e. The third-order valence-electron chi connectivity index (χ3n) is 3.00. The first-order valence-electron chi connectivity index (χ1n) is 6.05. The highest BCUT2D eigenvalue weighted by molar-refractivity contribution is 5.81. The van der Waals surface area contributed by atoms with E-state index >= 15 is 0 Å². The van der Waals surface area contributed by atoms with Crippen LogP contribution in [0.1, 0.15) is 0 Å². The Morgan fingerprint density at radius 1 is 1.00 bits per heavy atom. The number of nitrogens with two attached hydrogens (primary N) is 1. The lowest BCUT2D eigenvalue weighted by molar-refractivity contribution is 1.10. The van der Waals surface area contributed by atoms with Gasteiger partial charge in [-0.15, -0.1) is 0 Å². The zero-order valence-corrected chi connectivity index (χ0v) is 10.6. The summed E-state index contributed by atoms with van der Waals surface area (Å²) >= 11 is 0. The predicted molar refractivity (Wildman–Crippen MR) is 76.3 cm³/mol. The molecule has 0 atom stereocenters. The summed E-state index contributed by atoms with van der Waals surface area (Å²) < 4.78 is 1.33. The first-order valence-corrected chi connectivity index (χ1v) is 6.05. The molecule has 0 aliphatic heterocycles.